The third kappa shape index (κ3) is 6.34. The van der Waals surface area contributed by atoms with Gasteiger partial charge in [-0.2, -0.15) is 0 Å². The van der Waals surface area contributed by atoms with E-state index in [2.05, 4.69) is 5.32 Å². The van der Waals surface area contributed by atoms with Gasteiger partial charge in [-0.25, -0.2) is 8.42 Å². The Morgan fingerprint density at radius 1 is 1.18 bits per heavy atom. The van der Waals surface area contributed by atoms with Crippen LogP contribution in [-0.4, -0.2) is 38.1 Å². The summed E-state index contributed by atoms with van der Waals surface area (Å²) in [5, 5.41) is 13.7. The second-order valence-electron chi connectivity index (χ2n) is 6.54. The molecule has 0 bridgehead atoms. The molecule has 2 aromatic carbocycles. The van der Waals surface area contributed by atoms with Crippen molar-refractivity contribution in [2.75, 3.05) is 17.1 Å². The average molecular weight is 405 g/mol. The number of hydrogen-bond donors (Lipinski definition) is 1. The maximum Gasteiger partial charge on any atom is 0.271 e. The second-order valence-corrected chi connectivity index (χ2v) is 8.45. The standard InChI is InChI=1S/C19H23N3O5S/c1-15(11-12-16-7-4-3-5-8-16)20-19(23)14-21(28(2,26)27)17-9-6-10-18(13-17)22(24)25/h3-10,13,15H,11-12,14H2,1-2H3,(H,20,23)/t15-/m1/s1. The Labute approximate surface area is 164 Å². The molecule has 28 heavy (non-hydrogen) atoms. The van der Waals surface area contributed by atoms with Gasteiger partial charge in [-0.05, 0) is 31.4 Å². The monoisotopic (exact) mass is 405 g/mol. The summed E-state index contributed by atoms with van der Waals surface area (Å²) in [4.78, 5) is 22.7. The number of hydrogen-bond acceptors (Lipinski definition) is 5. The highest BCUT2D eigenvalue weighted by molar-refractivity contribution is 7.92. The highest BCUT2D eigenvalue weighted by Crippen LogP contribution is 2.23. The van der Waals surface area contributed by atoms with Crippen LogP contribution < -0.4 is 9.62 Å². The molecule has 1 amide bonds. The molecular formula is C19H23N3O5S. The van der Waals surface area contributed by atoms with E-state index in [0.717, 1.165) is 28.6 Å². The van der Waals surface area contributed by atoms with E-state index in [0.29, 0.717) is 6.42 Å². The van der Waals surface area contributed by atoms with Crippen molar-refractivity contribution in [3.05, 3.63) is 70.3 Å². The zero-order valence-electron chi connectivity index (χ0n) is 15.7. The lowest BCUT2D eigenvalue weighted by Gasteiger charge is -2.23. The number of nitrogens with zero attached hydrogens (tertiary/aromatic N) is 2. The maximum atomic E-state index is 12.4. The summed E-state index contributed by atoms with van der Waals surface area (Å²) in [6.07, 6.45) is 2.44. The number of carbonyl (C=O) groups excluding carboxylic acids is 1. The van der Waals surface area contributed by atoms with Gasteiger partial charge in [0, 0.05) is 18.2 Å². The van der Waals surface area contributed by atoms with Crippen LogP contribution in [0.3, 0.4) is 0 Å². The number of anilines is 1. The van der Waals surface area contributed by atoms with Gasteiger partial charge in [0.25, 0.3) is 5.69 Å². The Balaban J connectivity index is 2.03. The van der Waals surface area contributed by atoms with Crippen molar-refractivity contribution in [2.24, 2.45) is 0 Å². The molecule has 0 spiro atoms. The van der Waals surface area contributed by atoms with Crippen LogP contribution in [0.2, 0.25) is 0 Å². The first-order valence-electron chi connectivity index (χ1n) is 8.72. The number of amides is 1. The van der Waals surface area contributed by atoms with E-state index >= 15 is 0 Å². The molecule has 0 saturated heterocycles. The average Bonchev–Trinajstić information content (AvgIpc) is 2.64. The number of benzene rings is 2. The summed E-state index contributed by atoms with van der Waals surface area (Å²) in [5.74, 6) is -0.475. The van der Waals surface area contributed by atoms with Crippen LogP contribution in [0.1, 0.15) is 18.9 Å². The van der Waals surface area contributed by atoms with Crippen LogP contribution >= 0.6 is 0 Å². The summed E-state index contributed by atoms with van der Waals surface area (Å²) in [6.45, 7) is 1.40. The molecule has 0 aromatic heterocycles. The van der Waals surface area contributed by atoms with Crippen LogP contribution in [0.4, 0.5) is 11.4 Å². The number of carbonyl (C=O) groups is 1. The highest BCUT2D eigenvalue weighted by Gasteiger charge is 2.23. The normalized spacial score (nSPS) is 12.2. The quantitative estimate of drug-likeness (QED) is 0.509. The predicted octanol–water partition coefficient (Wildman–Crippen LogP) is 2.50. The molecule has 0 radical (unpaired) electrons. The zero-order valence-corrected chi connectivity index (χ0v) is 16.6. The van der Waals surface area contributed by atoms with E-state index in [-0.39, 0.29) is 17.4 Å². The van der Waals surface area contributed by atoms with Crippen molar-refractivity contribution in [2.45, 2.75) is 25.8 Å². The fourth-order valence-corrected chi connectivity index (χ4v) is 3.56. The molecule has 2 rings (SSSR count). The molecule has 1 N–H and O–H groups in total. The van der Waals surface area contributed by atoms with E-state index in [1.807, 2.05) is 37.3 Å². The van der Waals surface area contributed by atoms with Crippen molar-refractivity contribution in [1.82, 2.24) is 5.32 Å². The smallest absolute Gasteiger partial charge is 0.271 e. The molecule has 150 valence electrons. The predicted molar refractivity (Wildman–Crippen MR) is 108 cm³/mol. The van der Waals surface area contributed by atoms with Crippen molar-refractivity contribution in [3.63, 3.8) is 0 Å². The van der Waals surface area contributed by atoms with Crippen molar-refractivity contribution in [3.8, 4) is 0 Å². The number of nitrogens with one attached hydrogen (secondary N) is 1. The third-order valence-corrected chi connectivity index (χ3v) is 5.27. The molecule has 2 aromatic rings. The molecule has 0 unspecified atom stereocenters. The molecule has 0 aliphatic rings. The lowest BCUT2D eigenvalue weighted by atomic mass is 10.1. The van der Waals surface area contributed by atoms with E-state index in [1.54, 1.807) is 0 Å². The number of non-ortho nitro benzene ring substituents is 1. The van der Waals surface area contributed by atoms with E-state index < -0.39 is 27.4 Å². The Hall–Kier alpha value is -2.94. The molecule has 0 aliphatic heterocycles. The number of sulfonamides is 1. The van der Waals surface area contributed by atoms with Crippen LogP contribution in [0.15, 0.2) is 54.6 Å². The molecule has 0 heterocycles. The van der Waals surface area contributed by atoms with E-state index in [9.17, 15) is 23.3 Å². The SMILES string of the molecule is C[C@H](CCc1ccccc1)NC(=O)CN(c1cccc([N+](=O)[O-])c1)S(C)(=O)=O. The van der Waals surface area contributed by atoms with Crippen LogP contribution in [0, 0.1) is 10.1 Å². The summed E-state index contributed by atoms with van der Waals surface area (Å²) >= 11 is 0. The number of nitro benzene ring substituents is 1. The Kier molecular flexibility index (Phi) is 7.11. The van der Waals surface area contributed by atoms with Crippen LogP contribution in [-0.2, 0) is 21.2 Å². The van der Waals surface area contributed by atoms with Gasteiger partial charge in [-0.15, -0.1) is 0 Å². The maximum absolute atomic E-state index is 12.4. The van der Waals surface area contributed by atoms with Gasteiger partial charge in [-0.1, -0.05) is 36.4 Å². The zero-order chi connectivity index (χ0) is 20.7. The number of aryl methyl sites for hydroxylation is 1. The van der Waals surface area contributed by atoms with E-state index in [4.69, 9.17) is 0 Å². The van der Waals surface area contributed by atoms with Crippen LogP contribution in [0.25, 0.3) is 0 Å². The number of nitro groups is 1. The molecule has 0 fully saturated rings. The van der Waals surface area contributed by atoms with Crippen LogP contribution in [0.5, 0.6) is 0 Å². The second kappa shape index (κ2) is 9.32. The molecule has 9 heteroatoms. The molecule has 0 aliphatic carbocycles. The van der Waals surface area contributed by atoms with Gasteiger partial charge in [0.2, 0.25) is 15.9 Å². The first kappa shape index (κ1) is 21.4. The van der Waals surface area contributed by atoms with Crippen molar-refractivity contribution >= 4 is 27.3 Å². The summed E-state index contributed by atoms with van der Waals surface area (Å²) in [7, 11) is -3.80. The fraction of sp³-hybridized carbons (Fsp3) is 0.316. The topological polar surface area (TPSA) is 110 Å². The first-order chi connectivity index (χ1) is 13.2. The van der Waals surface area contributed by atoms with E-state index in [1.165, 1.54) is 18.2 Å². The third-order valence-electron chi connectivity index (χ3n) is 4.13. The minimum Gasteiger partial charge on any atom is -0.352 e. The minimum absolute atomic E-state index is 0.0730. The summed E-state index contributed by atoms with van der Waals surface area (Å²) in [6, 6.07) is 14.9. The van der Waals surface area contributed by atoms with Gasteiger partial charge in [0.1, 0.15) is 6.54 Å². The lowest BCUT2D eigenvalue weighted by molar-refractivity contribution is -0.384. The largest absolute Gasteiger partial charge is 0.352 e. The lowest BCUT2D eigenvalue weighted by Crippen LogP contribution is -2.43. The molecule has 1 atom stereocenters. The molecule has 0 saturated carbocycles. The Morgan fingerprint density at radius 3 is 2.46 bits per heavy atom. The Morgan fingerprint density at radius 2 is 1.86 bits per heavy atom. The first-order valence-corrected chi connectivity index (χ1v) is 10.6. The van der Waals surface area contributed by atoms with Crippen molar-refractivity contribution in [1.29, 1.82) is 0 Å². The summed E-state index contributed by atoms with van der Waals surface area (Å²) in [5.41, 5.74) is 0.976. The van der Waals surface area contributed by atoms with Gasteiger partial charge < -0.3 is 5.32 Å². The van der Waals surface area contributed by atoms with Gasteiger partial charge in [0.15, 0.2) is 0 Å². The van der Waals surface area contributed by atoms with Gasteiger partial charge in [-0.3, -0.25) is 19.2 Å². The highest BCUT2D eigenvalue weighted by atomic mass is 32.2. The van der Waals surface area contributed by atoms with Gasteiger partial charge in [0.05, 0.1) is 16.9 Å². The summed E-state index contributed by atoms with van der Waals surface area (Å²) < 4.78 is 25.1. The Bertz CT molecular complexity index is 932. The van der Waals surface area contributed by atoms with Gasteiger partial charge >= 0.3 is 0 Å². The minimum atomic E-state index is -3.80. The molecular weight excluding hydrogens is 382 g/mol. The fourth-order valence-electron chi connectivity index (χ4n) is 2.71. The number of rotatable bonds is 9. The molecule has 8 nitrogen and oxygen atoms in total. The van der Waals surface area contributed by atoms with Crippen molar-refractivity contribution < 1.29 is 18.1 Å².